The molecule has 16 heteroatoms. The number of ether oxygens (including phenoxy) is 10. The van der Waals surface area contributed by atoms with E-state index in [0.717, 1.165) is 17.6 Å². The Morgan fingerprint density at radius 1 is 0.776 bits per heavy atom. The third-order valence-corrected chi connectivity index (χ3v) is 27.8. The van der Waals surface area contributed by atoms with Crippen molar-refractivity contribution >= 4 is 22.6 Å². The standard InChI is InChI=1S/C60H100O14Si2/c1-21-35(2)51-38(5)27-28-59(72-51)33-44-30-43(71-59)26-25-37(4)50(36(3)23-22-24-42-34-65-55-52(73-75(17,18)57(9,10)11)39(6)29-45(56(61)68-44)60(42,55)62)69-48-31-46(63-15)53(40(7)66-48)70-49-32-47(64-16)54(41(8)67-49)74-76(19,20)58(12,13)14/h22-25,27-29,35-36,38,40-41,43-55,62H,21,26,30-34H2,1-20H3/b23-22+,37-25+,42-24+/t35-,36-,38-,40-,41-,43+,44-,45-,46-,47-,48-,49-,50-,51+,52+,53-,54-,55+,59+,60+/m0/s1. The van der Waals surface area contributed by atoms with Gasteiger partial charge < -0.3 is 61.3 Å². The number of hydrogen-bond acceptors (Lipinski definition) is 14. The van der Waals surface area contributed by atoms with Crippen molar-refractivity contribution in [3.05, 3.63) is 59.3 Å². The lowest BCUT2D eigenvalue weighted by Gasteiger charge is -2.49. The number of methoxy groups -OCH3 is 2. The number of allylic oxidation sites excluding steroid dienone is 2. The van der Waals surface area contributed by atoms with Gasteiger partial charge in [0.1, 0.15) is 29.8 Å². The largest absolute Gasteiger partial charge is 0.462 e. The Bertz CT molecular complexity index is 2160. The Morgan fingerprint density at radius 2 is 1.38 bits per heavy atom. The van der Waals surface area contributed by atoms with Crippen LogP contribution in [0.2, 0.25) is 36.3 Å². The summed E-state index contributed by atoms with van der Waals surface area (Å²) in [7, 11) is -1.06. The van der Waals surface area contributed by atoms with Crippen LogP contribution in [0.1, 0.15) is 135 Å². The lowest BCUT2D eigenvalue weighted by atomic mass is 9.71. The molecule has 2 bridgehead atoms. The summed E-state index contributed by atoms with van der Waals surface area (Å²) in [5, 5.41) is 13.2. The van der Waals surface area contributed by atoms with Gasteiger partial charge in [-0.1, -0.05) is 112 Å². The summed E-state index contributed by atoms with van der Waals surface area (Å²) in [5.74, 6) is -2.39. The van der Waals surface area contributed by atoms with E-state index in [1.807, 2.05) is 45.1 Å². The minimum Gasteiger partial charge on any atom is -0.462 e. The smallest absolute Gasteiger partial charge is 0.316 e. The van der Waals surface area contributed by atoms with Crippen LogP contribution in [0.4, 0.5) is 0 Å². The van der Waals surface area contributed by atoms with Gasteiger partial charge in [0.15, 0.2) is 35.0 Å². The average Bonchev–Trinajstić information content (AvgIpc) is 3.67. The highest BCUT2D eigenvalue weighted by atomic mass is 28.4. The van der Waals surface area contributed by atoms with Gasteiger partial charge in [-0.2, -0.15) is 0 Å². The zero-order chi connectivity index (χ0) is 56.1. The molecule has 7 rings (SSSR count). The molecule has 0 aromatic heterocycles. The Morgan fingerprint density at radius 3 is 2.00 bits per heavy atom. The number of carbonyl (C=O) groups excluding carboxylic acids is 1. The highest BCUT2D eigenvalue weighted by Crippen LogP contribution is 2.50. The molecule has 1 aliphatic carbocycles. The first-order chi connectivity index (χ1) is 35.4. The predicted molar refractivity (Wildman–Crippen MR) is 299 cm³/mol. The second kappa shape index (κ2) is 23.9. The SMILES string of the molecule is CC[C@H](C)[C@H]1O[C@]2(C=C[C@@H]1C)C[C@@H]1C[C@@H](C/C=C(\C)[C@@H](O[C@H]3C[C@H](OC)[C@@H](O[C@H]4C[C@H](OC)[C@@H](O[Si](C)(C)C(C)(C)C)[C@H](C)O4)[C@H](C)O3)[C@@H](C)/C=C/C=C3\CO[C@@H]4[C@H](O[Si](C)(C)C(C)(C)C)C(C)=C[C@@H](C(=O)O1)[C@]34O)O2. The van der Waals surface area contributed by atoms with Gasteiger partial charge in [-0.3, -0.25) is 4.79 Å². The molecule has 0 amide bonds. The van der Waals surface area contributed by atoms with Crippen LogP contribution in [0.3, 0.4) is 0 Å². The van der Waals surface area contributed by atoms with Gasteiger partial charge in [-0.05, 0) is 99.1 Å². The van der Waals surface area contributed by atoms with E-state index in [9.17, 15) is 9.90 Å². The molecule has 20 atom stereocenters. The molecule has 0 aromatic carbocycles. The third kappa shape index (κ3) is 13.1. The summed E-state index contributed by atoms with van der Waals surface area (Å²) >= 11 is 0. The van der Waals surface area contributed by atoms with Crippen LogP contribution in [0.5, 0.6) is 0 Å². The normalized spacial score (nSPS) is 43.2. The number of hydrogen-bond donors (Lipinski definition) is 1. The third-order valence-electron chi connectivity index (χ3n) is 18.9. The van der Waals surface area contributed by atoms with Gasteiger partial charge in [0.25, 0.3) is 0 Å². The maximum absolute atomic E-state index is 14.9. The van der Waals surface area contributed by atoms with Crippen molar-refractivity contribution in [2.24, 2.45) is 23.7 Å². The molecule has 4 fully saturated rings. The Kier molecular flexibility index (Phi) is 19.4. The molecule has 6 heterocycles. The summed E-state index contributed by atoms with van der Waals surface area (Å²) in [6.45, 7) is 39.1. The molecule has 1 spiro atoms. The lowest BCUT2D eigenvalue weighted by molar-refractivity contribution is -0.317. The number of esters is 1. The number of aliphatic hydroxyl groups is 1. The molecular weight excluding hydrogens is 1000 g/mol. The van der Waals surface area contributed by atoms with Crippen molar-refractivity contribution in [2.75, 3.05) is 20.8 Å². The molecule has 76 heavy (non-hydrogen) atoms. The first-order valence-corrected chi connectivity index (χ1v) is 34.5. The molecule has 7 aliphatic rings. The second-order valence-electron chi connectivity index (χ2n) is 26.7. The van der Waals surface area contributed by atoms with Gasteiger partial charge in [-0.15, -0.1) is 0 Å². The maximum Gasteiger partial charge on any atom is 0.316 e. The minimum atomic E-state index is -2.38. The van der Waals surface area contributed by atoms with Crippen molar-refractivity contribution in [3.63, 3.8) is 0 Å². The van der Waals surface area contributed by atoms with E-state index >= 15 is 0 Å². The van der Waals surface area contributed by atoms with Gasteiger partial charge in [-0.25, -0.2) is 0 Å². The summed E-state index contributed by atoms with van der Waals surface area (Å²) in [4.78, 5) is 14.9. The molecule has 14 nitrogen and oxygen atoms in total. The maximum atomic E-state index is 14.9. The quantitative estimate of drug-likeness (QED) is 0.112. The summed E-state index contributed by atoms with van der Waals surface area (Å²) in [5.41, 5.74) is 0.681. The van der Waals surface area contributed by atoms with Crippen LogP contribution >= 0.6 is 0 Å². The van der Waals surface area contributed by atoms with E-state index in [0.29, 0.717) is 37.7 Å². The summed E-state index contributed by atoms with van der Waals surface area (Å²) < 4.78 is 80.6. The average molecular weight is 1100 g/mol. The highest BCUT2D eigenvalue weighted by Gasteiger charge is 2.62. The van der Waals surface area contributed by atoms with Gasteiger partial charge in [0.2, 0.25) is 0 Å². The minimum absolute atomic E-state index is 0.0368. The monoisotopic (exact) mass is 1100 g/mol. The van der Waals surface area contributed by atoms with Crippen molar-refractivity contribution in [2.45, 2.75) is 269 Å². The molecule has 0 unspecified atom stereocenters. The first kappa shape index (κ1) is 61.7. The highest BCUT2D eigenvalue weighted by molar-refractivity contribution is 6.74. The topological polar surface area (TPSA) is 148 Å². The van der Waals surface area contributed by atoms with Gasteiger partial charge in [0.05, 0.1) is 61.5 Å². The van der Waals surface area contributed by atoms with E-state index in [4.69, 9.17) is 56.2 Å². The van der Waals surface area contributed by atoms with E-state index in [-0.39, 0.29) is 71.1 Å². The van der Waals surface area contributed by atoms with E-state index in [2.05, 4.69) is 121 Å². The molecule has 0 saturated carbocycles. The first-order valence-electron chi connectivity index (χ1n) is 28.7. The Labute approximate surface area is 459 Å². The number of fused-ring (bicyclic) bond motifs is 2. The fourth-order valence-corrected chi connectivity index (χ4v) is 14.5. The Hall–Kier alpha value is -1.88. The van der Waals surface area contributed by atoms with Crippen molar-refractivity contribution in [3.8, 4) is 0 Å². The molecule has 1 N–H and O–H groups in total. The Balaban J connectivity index is 1.18. The zero-order valence-corrected chi connectivity index (χ0v) is 52.1. The molecule has 0 radical (unpaired) electrons. The predicted octanol–water partition coefficient (Wildman–Crippen LogP) is 11.4. The summed E-state index contributed by atoms with van der Waals surface area (Å²) in [6, 6.07) is 0. The van der Waals surface area contributed by atoms with Gasteiger partial charge >= 0.3 is 5.97 Å². The van der Waals surface area contributed by atoms with Crippen LogP contribution in [0.15, 0.2) is 59.3 Å². The molecule has 432 valence electrons. The van der Waals surface area contributed by atoms with E-state index in [1.54, 1.807) is 14.2 Å². The van der Waals surface area contributed by atoms with Crippen LogP contribution in [-0.4, -0.2) is 146 Å². The van der Waals surface area contributed by atoms with Crippen molar-refractivity contribution in [1.29, 1.82) is 0 Å². The van der Waals surface area contributed by atoms with Crippen LogP contribution in [0, 0.1) is 23.7 Å². The van der Waals surface area contributed by atoms with Crippen molar-refractivity contribution < 1.29 is 66.1 Å². The van der Waals surface area contributed by atoms with E-state index in [1.165, 1.54) is 0 Å². The second-order valence-corrected chi connectivity index (χ2v) is 36.2. The molecule has 6 aliphatic heterocycles. The van der Waals surface area contributed by atoms with Gasteiger partial charge in [0, 0.05) is 51.7 Å². The van der Waals surface area contributed by atoms with Crippen molar-refractivity contribution in [1.82, 2.24) is 0 Å². The van der Waals surface area contributed by atoms with Crippen LogP contribution in [-0.2, 0) is 61.0 Å². The van der Waals surface area contributed by atoms with Crippen LogP contribution < -0.4 is 0 Å². The fraction of sp³-hybridized carbons (Fsp3) is 0.817. The molecule has 0 aromatic rings. The van der Waals surface area contributed by atoms with E-state index < -0.39 is 89.1 Å². The zero-order valence-electron chi connectivity index (χ0n) is 50.1. The molecule has 4 saturated heterocycles. The lowest BCUT2D eigenvalue weighted by Crippen LogP contribution is -2.60. The number of carbonyl (C=O) groups is 1. The summed E-state index contributed by atoms with van der Waals surface area (Å²) in [6.07, 6.45) is 11.4. The number of rotatable bonds is 12. The van der Waals surface area contributed by atoms with Crippen LogP contribution in [0.25, 0.3) is 0 Å². The fourth-order valence-electron chi connectivity index (χ4n) is 11.9. The molecular formula is C60H100O14Si2.